The summed E-state index contributed by atoms with van der Waals surface area (Å²) in [5.41, 5.74) is 1.97. The van der Waals surface area contributed by atoms with Crippen LogP contribution in [0.2, 0.25) is 0 Å². The first-order chi connectivity index (χ1) is 9.52. The van der Waals surface area contributed by atoms with Gasteiger partial charge in [-0.1, -0.05) is 28.1 Å². The van der Waals surface area contributed by atoms with Gasteiger partial charge in [-0.3, -0.25) is 4.79 Å². The number of hydrogen-bond acceptors (Lipinski definition) is 3. The van der Waals surface area contributed by atoms with Crippen molar-refractivity contribution in [3.63, 3.8) is 0 Å². The van der Waals surface area contributed by atoms with Gasteiger partial charge in [0.15, 0.2) is 5.69 Å². The molecule has 1 aromatic heterocycles. The van der Waals surface area contributed by atoms with Gasteiger partial charge in [-0.2, -0.15) is 0 Å². The quantitative estimate of drug-likeness (QED) is 0.933. The Kier molecular flexibility index (Phi) is 4.54. The van der Waals surface area contributed by atoms with Crippen LogP contribution in [-0.4, -0.2) is 26.9 Å². The van der Waals surface area contributed by atoms with Crippen LogP contribution < -0.4 is 5.32 Å². The third-order valence-electron chi connectivity index (χ3n) is 3.17. The predicted molar refractivity (Wildman–Crippen MR) is 81.0 cm³/mol. The van der Waals surface area contributed by atoms with Crippen LogP contribution in [0.3, 0.4) is 0 Å². The number of amides is 1. The summed E-state index contributed by atoms with van der Waals surface area (Å²) in [6.45, 7) is 5.83. The van der Waals surface area contributed by atoms with E-state index in [1.807, 2.05) is 45.0 Å². The van der Waals surface area contributed by atoms with Crippen molar-refractivity contribution in [2.24, 2.45) is 0 Å². The second-order valence-corrected chi connectivity index (χ2v) is 5.61. The fourth-order valence-corrected chi connectivity index (χ4v) is 2.03. The normalized spacial score (nSPS) is 12.2. The molecule has 106 valence electrons. The number of carbonyl (C=O) groups is 1. The Morgan fingerprint density at radius 2 is 2.05 bits per heavy atom. The molecule has 0 aliphatic carbocycles. The summed E-state index contributed by atoms with van der Waals surface area (Å²) in [6.07, 6.45) is 0.881. The Bertz CT molecular complexity index is 606. The number of halogens is 1. The van der Waals surface area contributed by atoms with Gasteiger partial charge >= 0.3 is 0 Å². The van der Waals surface area contributed by atoms with Crippen LogP contribution in [0.5, 0.6) is 0 Å². The Morgan fingerprint density at radius 1 is 1.40 bits per heavy atom. The maximum absolute atomic E-state index is 12.1. The van der Waals surface area contributed by atoms with E-state index in [1.54, 1.807) is 4.68 Å². The zero-order chi connectivity index (χ0) is 14.7. The molecule has 2 aromatic rings. The molecule has 0 unspecified atom stereocenters. The van der Waals surface area contributed by atoms with Crippen molar-refractivity contribution < 1.29 is 4.79 Å². The number of aromatic nitrogens is 3. The molecular formula is C14H17BrN4O. The maximum Gasteiger partial charge on any atom is 0.273 e. The van der Waals surface area contributed by atoms with Crippen molar-refractivity contribution in [3.8, 4) is 5.69 Å². The smallest absolute Gasteiger partial charge is 0.273 e. The molecule has 0 bridgehead atoms. The highest BCUT2D eigenvalue weighted by molar-refractivity contribution is 9.10. The van der Waals surface area contributed by atoms with Gasteiger partial charge in [0.25, 0.3) is 5.91 Å². The second-order valence-electron chi connectivity index (χ2n) is 4.69. The molecule has 2 rings (SSSR count). The SMILES string of the molecule is CC[C@@H](C)NC(=O)c1nnn(-c2ccc(Br)cc2)c1C. The molecule has 0 spiro atoms. The Hall–Kier alpha value is -1.69. The molecule has 0 saturated heterocycles. The van der Waals surface area contributed by atoms with Gasteiger partial charge in [0, 0.05) is 10.5 Å². The van der Waals surface area contributed by atoms with Gasteiger partial charge in [0.05, 0.1) is 11.4 Å². The first-order valence-corrected chi connectivity index (χ1v) is 7.31. The molecule has 0 aliphatic heterocycles. The monoisotopic (exact) mass is 336 g/mol. The fraction of sp³-hybridized carbons (Fsp3) is 0.357. The van der Waals surface area contributed by atoms with Crippen LogP contribution in [0.25, 0.3) is 5.69 Å². The third kappa shape index (κ3) is 3.07. The van der Waals surface area contributed by atoms with Crippen LogP contribution in [0.15, 0.2) is 28.7 Å². The van der Waals surface area contributed by atoms with E-state index in [-0.39, 0.29) is 11.9 Å². The van der Waals surface area contributed by atoms with Crippen LogP contribution in [0.4, 0.5) is 0 Å². The van der Waals surface area contributed by atoms with Gasteiger partial charge in [0.2, 0.25) is 0 Å². The minimum absolute atomic E-state index is 0.125. The third-order valence-corrected chi connectivity index (χ3v) is 3.70. The van der Waals surface area contributed by atoms with Crippen molar-refractivity contribution in [1.29, 1.82) is 0 Å². The van der Waals surface area contributed by atoms with Crippen LogP contribution in [0.1, 0.15) is 36.5 Å². The molecule has 0 fully saturated rings. The molecule has 0 radical (unpaired) electrons. The topological polar surface area (TPSA) is 59.8 Å². The van der Waals surface area contributed by atoms with Gasteiger partial charge in [0.1, 0.15) is 0 Å². The summed E-state index contributed by atoms with van der Waals surface area (Å²) in [4.78, 5) is 12.1. The lowest BCUT2D eigenvalue weighted by Gasteiger charge is -2.10. The highest BCUT2D eigenvalue weighted by Gasteiger charge is 2.18. The molecule has 20 heavy (non-hydrogen) atoms. The van der Waals surface area contributed by atoms with Crippen molar-refractivity contribution in [1.82, 2.24) is 20.3 Å². The number of carbonyl (C=O) groups excluding carboxylic acids is 1. The maximum atomic E-state index is 12.1. The summed E-state index contributed by atoms with van der Waals surface area (Å²) in [5.74, 6) is -0.180. The van der Waals surface area contributed by atoms with Crippen molar-refractivity contribution >= 4 is 21.8 Å². The Morgan fingerprint density at radius 3 is 2.65 bits per heavy atom. The number of nitrogens with one attached hydrogen (secondary N) is 1. The number of rotatable bonds is 4. The Balaban J connectivity index is 2.27. The average molecular weight is 337 g/mol. The summed E-state index contributed by atoms with van der Waals surface area (Å²) >= 11 is 3.39. The lowest BCUT2D eigenvalue weighted by atomic mass is 10.2. The predicted octanol–water partition coefficient (Wildman–Crippen LogP) is 2.87. The van der Waals surface area contributed by atoms with E-state index in [4.69, 9.17) is 0 Å². The first kappa shape index (κ1) is 14.7. The van der Waals surface area contributed by atoms with E-state index < -0.39 is 0 Å². The van der Waals surface area contributed by atoms with E-state index in [1.165, 1.54) is 0 Å². The highest BCUT2D eigenvalue weighted by atomic mass is 79.9. The summed E-state index contributed by atoms with van der Waals surface area (Å²) < 4.78 is 2.66. The van der Waals surface area contributed by atoms with Gasteiger partial charge in [-0.05, 0) is 44.5 Å². The van der Waals surface area contributed by atoms with Crippen LogP contribution in [-0.2, 0) is 0 Å². The lowest BCUT2D eigenvalue weighted by molar-refractivity contribution is 0.0933. The van der Waals surface area contributed by atoms with E-state index in [9.17, 15) is 4.79 Å². The highest BCUT2D eigenvalue weighted by Crippen LogP contribution is 2.16. The zero-order valence-electron chi connectivity index (χ0n) is 11.7. The number of hydrogen-bond donors (Lipinski definition) is 1. The standard InChI is InChI=1S/C14H17BrN4O/c1-4-9(2)16-14(20)13-10(3)19(18-17-13)12-7-5-11(15)6-8-12/h5-9H,4H2,1-3H3,(H,16,20)/t9-/m1/s1. The summed E-state index contributed by atoms with van der Waals surface area (Å²) in [6, 6.07) is 7.81. The van der Waals surface area contributed by atoms with Gasteiger partial charge in [-0.15, -0.1) is 5.10 Å². The Labute approximate surface area is 126 Å². The largest absolute Gasteiger partial charge is 0.348 e. The molecule has 1 N–H and O–H groups in total. The molecular weight excluding hydrogens is 320 g/mol. The van der Waals surface area contributed by atoms with Gasteiger partial charge in [-0.25, -0.2) is 4.68 Å². The molecule has 0 saturated carbocycles. The summed E-state index contributed by atoms with van der Waals surface area (Å²) in [5, 5.41) is 10.9. The van der Waals surface area contributed by atoms with E-state index in [0.717, 1.165) is 22.3 Å². The van der Waals surface area contributed by atoms with Crippen LogP contribution >= 0.6 is 15.9 Å². The van der Waals surface area contributed by atoms with E-state index >= 15 is 0 Å². The van der Waals surface area contributed by atoms with Crippen LogP contribution in [0, 0.1) is 6.92 Å². The molecule has 1 aromatic carbocycles. The molecule has 6 heteroatoms. The summed E-state index contributed by atoms with van der Waals surface area (Å²) in [7, 11) is 0. The zero-order valence-corrected chi connectivity index (χ0v) is 13.3. The minimum Gasteiger partial charge on any atom is -0.348 e. The second kappa shape index (κ2) is 6.17. The first-order valence-electron chi connectivity index (χ1n) is 6.52. The number of nitrogens with zero attached hydrogens (tertiary/aromatic N) is 3. The molecule has 1 amide bonds. The minimum atomic E-state index is -0.180. The molecule has 0 aliphatic rings. The molecule has 1 atom stereocenters. The van der Waals surface area contributed by atoms with E-state index in [2.05, 4.69) is 31.6 Å². The van der Waals surface area contributed by atoms with Crippen molar-refractivity contribution in [3.05, 3.63) is 40.1 Å². The van der Waals surface area contributed by atoms with Gasteiger partial charge < -0.3 is 5.32 Å². The average Bonchev–Trinajstić information content (AvgIpc) is 2.81. The van der Waals surface area contributed by atoms with Crippen molar-refractivity contribution in [2.75, 3.05) is 0 Å². The molecule has 5 nitrogen and oxygen atoms in total. The number of benzene rings is 1. The van der Waals surface area contributed by atoms with Crippen molar-refractivity contribution in [2.45, 2.75) is 33.2 Å². The van der Waals surface area contributed by atoms with E-state index in [0.29, 0.717) is 5.69 Å². The molecule has 1 heterocycles. The lowest BCUT2D eigenvalue weighted by Crippen LogP contribution is -2.32. The fourth-order valence-electron chi connectivity index (χ4n) is 1.76.